The lowest BCUT2D eigenvalue weighted by Gasteiger charge is -2.27. The van der Waals surface area contributed by atoms with E-state index in [2.05, 4.69) is 15.3 Å². The van der Waals surface area contributed by atoms with Gasteiger partial charge in [-0.15, -0.1) is 0 Å². The van der Waals surface area contributed by atoms with E-state index in [-0.39, 0.29) is 35.2 Å². The summed E-state index contributed by atoms with van der Waals surface area (Å²) in [6.45, 7) is -0.456. The third-order valence-electron chi connectivity index (χ3n) is 5.09. The number of nitrogens with zero attached hydrogens (tertiary/aromatic N) is 3. The van der Waals surface area contributed by atoms with Crippen LogP contribution in [0.5, 0.6) is 17.4 Å². The minimum Gasteiger partial charge on any atom is -0.491 e. The van der Waals surface area contributed by atoms with Crippen molar-refractivity contribution in [3.8, 4) is 17.4 Å². The number of carbonyl (C=O) groups excluding carboxylic acids is 1. The van der Waals surface area contributed by atoms with Gasteiger partial charge >= 0.3 is 16.3 Å². The van der Waals surface area contributed by atoms with E-state index in [4.69, 9.17) is 13.7 Å². The van der Waals surface area contributed by atoms with Crippen molar-refractivity contribution in [1.82, 2.24) is 19.9 Å². The van der Waals surface area contributed by atoms with Gasteiger partial charge in [0.05, 0.1) is 31.0 Å². The maximum absolute atomic E-state index is 12.6. The maximum Gasteiger partial charge on any atom is 0.392 e. The fourth-order valence-corrected chi connectivity index (χ4v) is 4.32. The van der Waals surface area contributed by atoms with Crippen molar-refractivity contribution in [1.29, 1.82) is 0 Å². The molecule has 0 saturated carbocycles. The number of pyridine rings is 1. The van der Waals surface area contributed by atoms with E-state index >= 15 is 0 Å². The van der Waals surface area contributed by atoms with Crippen LogP contribution in [0, 0.1) is 0 Å². The number of carbonyl (C=O) groups is 1. The van der Waals surface area contributed by atoms with Crippen LogP contribution in [0.2, 0.25) is 0 Å². The third kappa shape index (κ3) is 6.24. The van der Waals surface area contributed by atoms with Crippen LogP contribution in [0.3, 0.4) is 0 Å². The Balaban J connectivity index is 1.40. The number of benzene rings is 1. The number of hydrogen-bond acceptors (Lipinski definition) is 8. The van der Waals surface area contributed by atoms with Crippen LogP contribution in [0.4, 0.5) is 13.2 Å². The van der Waals surface area contributed by atoms with Crippen LogP contribution >= 0.6 is 0 Å². The number of rotatable bonds is 8. The molecule has 10 nitrogen and oxygen atoms in total. The number of alkyl halides is 3. The Labute approximate surface area is 204 Å². The SMILES string of the molecule is Cn1cnc(S(=O)(=O)Oc2cccc3c2C[C@H](NC(=O)c2ccc(OCCC(F)(F)F)nc2)CO3)c1. The molecule has 0 fully saturated rings. The van der Waals surface area contributed by atoms with E-state index < -0.39 is 41.3 Å². The van der Waals surface area contributed by atoms with Gasteiger partial charge in [-0.25, -0.2) is 9.97 Å². The van der Waals surface area contributed by atoms with Gasteiger partial charge in [0.1, 0.15) is 18.1 Å². The maximum atomic E-state index is 12.6. The second kappa shape index (κ2) is 10.0. The minimum atomic E-state index is -4.34. The first kappa shape index (κ1) is 25.3. The van der Waals surface area contributed by atoms with E-state index in [1.807, 2.05) is 0 Å². The molecule has 1 aliphatic rings. The number of aryl methyl sites for hydroxylation is 1. The molecule has 3 heterocycles. The molecule has 2 aromatic heterocycles. The molecule has 1 aliphatic heterocycles. The Bertz CT molecular complexity index is 1340. The first-order valence-electron chi connectivity index (χ1n) is 10.6. The molecule has 36 heavy (non-hydrogen) atoms. The molecule has 1 atom stereocenters. The number of nitrogens with one attached hydrogen (secondary N) is 1. The van der Waals surface area contributed by atoms with Crippen LogP contribution in [0.1, 0.15) is 22.3 Å². The van der Waals surface area contributed by atoms with Crippen molar-refractivity contribution in [2.45, 2.75) is 30.1 Å². The van der Waals surface area contributed by atoms with Crippen LogP contribution in [0.25, 0.3) is 0 Å². The van der Waals surface area contributed by atoms with Crippen molar-refractivity contribution in [2.75, 3.05) is 13.2 Å². The number of aromatic nitrogens is 3. The van der Waals surface area contributed by atoms with Crippen LogP contribution < -0.4 is 19.0 Å². The number of ether oxygens (including phenoxy) is 2. The topological polar surface area (TPSA) is 122 Å². The van der Waals surface area contributed by atoms with Gasteiger partial charge in [-0.05, 0) is 18.2 Å². The van der Waals surface area contributed by atoms with E-state index in [0.717, 1.165) is 0 Å². The molecule has 0 aliphatic carbocycles. The van der Waals surface area contributed by atoms with Gasteiger partial charge in [-0.2, -0.15) is 21.6 Å². The highest BCUT2D eigenvalue weighted by Gasteiger charge is 2.29. The molecule has 0 radical (unpaired) electrons. The Morgan fingerprint density at radius 1 is 1.25 bits per heavy atom. The minimum absolute atomic E-state index is 0.0402. The second-order valence-corrected chi connectivity index (χ2v) is 9.43. The molecule has 0 unspecified atom stereocenters. The number of fused-ring (bicyclic) bond motifs is 1. The van der Waals surface area contributed by atoms with E-state index in [1.165, 1.54) is 41.5 Å². The Kier molecular flexibility index (Phi) is 7.06. The van der Waals surface area contributed by atoms with Crippen molar-refractivity contribution < 1.29 is 40.0 Å². The largest absolute Gasteiger partial charge is 0.491 e. The smallest absolute Gasteiger partial charge is 0.392 e. The van der Waals surface area contributed by atoms with Gasteiger partial charge in [-0.1, -0.05) is 6.07 Å². The summed E-state index contributed by atoms with van der Waals surface area (Å²) in [5.74, 6) is -0.0575. The highest BCUT2D eigenvalue weighted by atomic mass is 32.2. The highest BCUT2D eigenvalue weighted by molar-refractivity contribution is 7.87. The Morgan fingerprint density at radius 2 is 2.06 bits per heavy atom. The zero-order valence-electron chi connectivity index (χ0n) is 18.9. The van der Waals surface area contributed by atoms with E-state index in [0.29, 0.717) is 11.3 Å². The molecule has 4 rings (SSSR count). The molecule has 1 amide bonds. The van der Waals surface area contributed by atoms with Gasteiger partial charge < -0.3 is 23.5 Å². The molecule has 0 spiro atoms. The predicted octanol–water partition coefficient (Wildman–Crippen LogP) is 2.65. The summed E-state index contributed by atoms with van der Waals surface area (Å²) in [5, 5.41) is 2.52. The van der Waals surface area contributed by atoms with Gasteiger partial charge in [0.15, 0.2) is 0 Å². The summed E-state index contributed by atoms with van der Waals surface area (Å²) in [7, 11) is -2.56. The van der Waals surface area contributed by atoms with Gasteiger partial charge in [0, 0.05) is 37.5 Å². The lowest BCUT2D eigenvalue weighted by molar-refractivity contribution is -0.139. The molecular formula is C22H21F3N4O6S. The second-order valence-electron chi connectivity index (χ2n) is 7.93. The monoisotopic (exact) mass is 526 g/mol. The third-order valence-corrected chi connectivity index (χ3v) is 6.21. The molecule has 1 N–H and O–H groups in total. The number of amides is 1. The molecule has 3 aromatic rings. The van der Waals surface area contributed by atoms with Gasteiger partial charge in [0.2, 0.25) is 10.9 Å². The average Bonchev–Trinajstić information content (AvgIpc) is 3.26. The lowest BCUT2D eigenvalue weighted by atomic mass is 10.0. The standard InChI is InChI=1S/C22H21F3N4O6S/c1-29-11-20(27-13-29)36(31,32)35-18-4-2-3-17-16(18)9-15(12-34-17)28-21(30)14-5-6-19(26-10-14)33-8-7-22(23,24)25/h2-6,10-11,13,15H,7-9,12H2,1H3,(H,28,30)/t15-/m0/s1. The zero-order chi connectivity index (χ0) is 25.9. The normalized spacial score (nSPS) is 15.5. The van der Waals surface area contributed by atoms with Crippen LogP contribution in [0.15, 0.2) is 54.1 Å². The summed E-state index contributed by atoms with van der Waals surface area (Å²) in [6, 6.07) is 6.88. The van der Waals surface area contributed by atoms with Gasteiger partial charge in [-0.3, -0.25) is 4.79 Å². The summed E-state index contributed by atoms with van der Waals surface area (Å²) in [5.41, 5.74) is 0.617. The summed E-state index contributed by atoms with van der Waals surface area (Å²) >= 11 is 0. The summed E-state index contributed by atoms with van der Waals surface area (Å²) in [4.78, 5) is 20.3. The molecule has 192 valence electrons. The summed E-state index contributed by atoms with van der Waals surface area (Å²) in [6.07, 6.45) is -1.40. The first-order valence-corrected chi connectivity index (χ1v) is 12.0. The van der Waals surface area contributed by atoms with Crippen molar-refractivity contribution in [3.63, 3.8) is 0 Å². The molecule has 1 aromatic carbocycles. The fraction of sp³-hybridized carbons (Fsp3) is 0.318. The average molecular weight is 526 g/mol. The van der Waals surface area contributed by atoms with E-state index in [9.17, 15) is 26.4 Å². The molecular weight excluding hydrogens is 505 g/mol. The zero-order valence-corrected chi connectivity index (χ0v) is 19.7. The lowest BCUT2D eigenvalue weighted by Crippen LogP contribution is -2.42. The number of imidazole rings is 1. The first-order chi connectivity index (χ1) is 17.0. The highest BCUT2D eigenvalue weighted by Crippen LogP contribution is 2.34. The molecule has 0 bridgehead atoms. The van der Waals surface area contributed by atoms with Crippen molar-refractivity contribution in [2.24, 2.45) is 7.05 Å². The number of hydrogen-bond donors (Lipinski definition) is 1. The van der Waals surface area contributed by atoms with E-state index in [1.54, 1.807) is 19.2 Å². The fourth-order valence-electron chi connectivity index (χ4n) is 3.37. The number of halogens is 3. The Morgan fingerprint density at radius 3 is 2.72 bits per heavy atom. The van der Waals surface area contributed by atoms with Crippen LogP contribution in [-0.2, 0) is 23.6 Å². The van der Waals surface area contributed by atoms with Crippen LogP contribution in [-0.4, -0.2) is 54.3 Å². The molecule has 0 saturated heterocycles. The quantitative estimate of drug-likeness (QED) is 0.445. The molecule has 14 heteroatoms. The summed E-state index contributed by atoms with van der Waals surface area (Å²) < 4.78 is 79.3. The van der Waals surface area contributed by atoms with Gasteiger partial charge in [0.25, 0.3) is 5.91 Å². The predicted molar refractivity (Wildman–Crippen MR) is 118 cm³/mol. The van der Waals surface area contributed by atoms with Crippen molar-refractivity contribution in [3.05, 3.63) is 60.2 Å². The van der Waals surface area contributed by atoms with Crippen molar-refractivity contribution >= 4 is 16.0 Å². The Hall–Kier alpha value is -3.81.